The number of hydrogen-bond donors (Lipinski definition) is 0. The van der Waals surface area contributed by atoms with Gasteiger partial charge in [0.1, 0.15) is 0 Å². The van der Waals surface area contributed by atoms with E-state index < -0.39 is 29.5 Å². The Morgan fingerprint density at radius 3 is 1.93 bits per heavy atom. The zero-order valence-corrected chi connectivity index (χ0v) is 17.1. The van der Waals surface area contributed by atoms with E-state index in [0.29, 0.717) is 0 Å². The van der Waals surface area contributed by atoms with Crippen molar-refractivity contribution >= 4 is 23.6 Å². The summed E-state index contributed by atoms with van der Waals surface area (Å²) in [5, 5.41) is 0. The fourth-order valence-electron chi connectivity index (χ4n) is 2.41. The molecular formula is C21H27N3O4. The molecule has 0 aromatic heterocycles. The van der Waals surface area contributed by atoms with E-state index >= 15 is 0 Å². The average molecular weight is 385 g/mol. The lowest BCUT2D eigenvalue weighted by atomic mass is 9.93. The van der Waals surface area contributed by atoms with Gasteiger partial charge in [-0.2, -0.15) is 0 Å². The number of allylic oxidation sites excluding steroid dienone is 1. The number of hydrogen-bond acceptors (Lipinski definition) is 4. The van der Waals surface area contributed by atoms with Crippen molar-refractivity contribution in [3.05, 3.63) is 60.2 Å². The predicted octanol–water partition coefficient (Wildman–Crippen LogP) is 2.02. The van der Waals surface area contributed by atoms with Crippen molar-refractivity contribution < 1.29 is 19.2 Å². The van der Waals surface area contributed by atoms with Gasteiger partial charge in [-0.3, -0.25) is 19.3 Å². The predicted molar refractivity (Wildman–Crippen MR) is 107 cm³/mol. The van der Waals surface area contributed by atoms with Crippen molar-refractivity contribution in [2.45, 2.75) is 13.5 Å². The minimum Gasteiger partial charge on any atom is -0.342 e. The third-order valence-corrected chi connectivity index (χ3v) is 4.11. The number of imide groups is 1. The molecule has 0 radical (unpaired) electrons. The molecule has 1 rings (SSSR count). The number of likely N-dealkylation sites (N-methyl/N-ethyl adjacent to an activating group) is 1. The molecule has 7 heteroatoms. The van der Waals surface area contributed by atoms with Crippen molar-refractivity contribution in [3.8, 4) is 0 Å². The molecule has 0 aliphatic heterocycles. The van der Waals surface area contributed by atoms with E-state index in [-0.39, 0.29) is 12.1 Å². The molecule has 0 N–H and O–H groups in total. The normalized spacial score (nSPS) is 11.2. The Kier molecular flexibility index (Phi) is 7.86. The Bertz CT molecular complexity index is 794. The Hall–Kier alpha value is -3.22. The van der Waals surface area contributed by atoms with Crippen molar-refractivity contribution in [3.63, 3.8) is 0 Å². The van der Waals surface area contributed by atoms with Gasteiger partial charge in [0.2, 0.25) is 5.78 Å². The SMILES string of the molecule is C=CC(C(=C)C(=O)N(Cc1ccc(C)cc1)C(=O)N(C)C)C(=O)C(=O)N(C)C. The number of urea groups is 1. The van der Waals surface area contributed by atoms with Crippen LogP contribution in [0.25, 0.3) is 0 Å². The van der Waals surface area contributed by atoms with Crippen LogP contribution in [0.1, 0.15) is 11.1 Å². The molecule has 0 spiro atoms. The second-order valence-electron chi connectivity index (χ2n) is 6.86. The number of carbonyl (C=O) groups is 4. The summed E-state index contributed by atoms with van der Waals surface area (Å²) in [6.45, 7) is 9.16. The third-order valence-electron chi connectivity index (χ3n) is 4.11. The average Bonchev–Trinajstić information content (AvgIpc) is 2.65. The topological polar surface area (TPSA) is 78.0 Å². The largest absolute Gasteiger partial charge is 0.342 e. The molecule has 1 atom stereocenters. The zero-order chi connectivity index (χ0) is 21.6. The van der Waals surface area contributed by atoms with Gasteiger partial charge >= 0.3 is 6.03 Å². The molecule has 0 aliphatic carbocycles. The standard InChI is InChI=1S/C21H27N3O4/c1-8-17(18(25)20(27)22(4)5)15(3)19(26)24(21(28)23(6)7)13-16-11-9-14(2)10-12-16/h8-12,17H,1,3,13H2,2,4-7H3. The van der Waals surface area contributed by atoms with Gasteiger partial charge in [-0.25, -0.2) is 4.79 Å². The van der Waals surface area contributed by atoms with Crippen molar-refractivity contribution in [2.75, 3.05) is 28.2 Å². The van der Waals surface area contributed by atoms with Gasteiger partial charge in [0.05, 0.1) is 12.5 Å². The van der Waals surface area contributed by atoms with Crippen LogP contribution in [0.5, 0.6) is 0 Å². The molecule has 4 amide bonds. The monoisotopic (exact) mass is 385 g/mol. The van der Waals surface area contributed by atoms with Crippen LogP contribution in [0.4, 0.5) is 4.79 Å². The first kappa shape index (κ1) is 22.8. The van der Waals surface area contributed by atoms with E-state index in [2.05, 4.69) is 13.2 Å². The van der Waals surface area contributed by atoms with Crippen LogP contribution < -0.4 is 0 Å². The zero-order valence-electron chi connectivity index (χ0n) is 17.1. The lowest BCUT2D eigenvalue weighted by molar-refractivity contribution is -0.144. The Balaban J connectivity index is 3.19. The van der Waals surface area contributed by atoms with Gasteiger partial charge in [-0.05, 0) is 12.5 Å². The van der Waals surface area contributed by atoms with Gasteiger partial charge in [-0.15, -0.1) is 6.58 Å². The maximum absolute atomic E-state index is 13.0. The molecule has 0 saturated carbocycles. The van der Waals surface area contributed by atoms with Crippen LogP contribution in [0.2, 0.25) is 0 Å². The summed E-state index contributed by atoms with van der Waals surface area (Å²) in [4.78, 5) is 53.4. The molecule has 0 bridgehead atoms. The van der Waals surface area contributed by atoms with Crippen molar-refractivity contribution in [2.24, 2.45) is 5.92 Å². The minimum absolute atomic E-state index is 0.00876. The molecule has 0 fully saturated rings. The lowest BCUT2D eigenvalue weighted by Crippen LogP contribution is -2.45. The number of Topliss-reactive ketones (excluding diaryl/α,β-unsaturated/α-hetero) is 1. The Morgan fingerprint density at radius 1 is 0.964 bits per heavy atom. The number of rotatable bonds is 7. The molecule has 0 aliphatic rings. The number of nitrogens with zero attached hydrogens (tertiary/aromatic N) is 3. The number of carbonyl (C=O) groups excluding carboxylic acids is 4. The number of aryl methyl sites for hydroxylation is 1. The van der Waals surface area contributed by atoms with Gasteiger partial charge in [0.25, 0.3) is 11.8 Å². The van der Waals surface area contributed by atoms with Gasteiger partial charge in [-0.1, -0.05) is 42.5 Å². The van der Waals surface area contributed by atoms with Crippen LogP contribution in [0.3, 0.4) is 0 Å². The van der Waals surface area contributed by atoms with E-state index in [1.54, 1.807) is 0 Å². The van der Waals surface area contributed by atoms with Gasteiger partial charge in [0.15, 0.2) is 0 Å². The molecular weight excluding hydrogens is 358 g/mol. The van der Waals surface area contributed by atoms with E-state index in [1.165, 1.54) is 39.2 Å². The summed E-state index contributed by atoms with van der Waals surface area (Å²) in [5.41, 5.74) is 1.61. The lowest BCUT2D eigenvalue weighted by Gasteiger charge is -2.27. The van der Waals surface area contributed by atoms with Crippen molar-refractivity contribution in [1.82, 2.24) is 14.7 Å². The molecule has 1 aromatic rings. The fraction of sp³-hybridized carbons (Fsp3) is 0.333. The van der Waals surface area contributed by atoms with Crippen LogP contribution in [0.15, 0.2) is 49.1 Å². The van der Waals surface area contributed by atoms with Crippen LogP contribution in [0, 0.1) is 12.8 Å². The summed E-state index contributed by atoms with van der Waals surface area (Å²) in [6.07, 6.45) is 1.19. The van der Waals surface area contributed by atoms with E-state index in [1.807, 2.05) is 31.2 Å². The van der Waals surface area contributed by atoms with E-state index in [0.717, 1.165) is 20.9 Å². The van der Waals surface area contributed by atoms with Crippen LogP contribution in [-0.2, 0) is 20.9 Å². The molecule has 150 valence electrons. The second-order valence-corrected chi connectivity index (χ2v) is 6.86. The summed E-state index contributed by atoms with van der Waals surface area (Å²) in [5.74, 6) is -3.55. The van der Waals surface area contributed by atoms with Crippen LogP contribution in [-0.4, -0.2) is 66.5 Å². The second kappa shape index (κ2) is 9.64. The first-order valence-corrected chi connectivity index (χ1v) is 8.66. The smallest absolute Gasteiger partial charge is 0.326 e. The highest BCUT2D eigenvalue weighted by Gasteiger charge is 2.34. The maximum atomic E-state index is 13.0. The summed E-state index contributed by atoms with van der Waals surface area (Å²) < 4.78 is 0. The quantitative estimate of drug-likeness (QED) is 0.409. The molecule has 28 heavy (non-hydrogen) atoms. The first-order valence-electron chi connectivity index (χ1n) is 8.66. The highest BCUT2D eigenvalue weighted by atomic mass is 16.2. The van der Waals surface area contributed by atoms with Gasteiger partial charge < -0.3 is 9.80 Å². The van der Waals surface area contributed by atoms with E-state index in [4.69, 9.17) is 0 Å². The van der Waals surface area contributed by atoms with E-state index in [9.17, 15) is 19.2 Å². The minimum atomic E-state index is -1.21. The highest BCUT2D eigenvalue weighted by molar-refractivity contribution is 6.38. The number of ketones is 1. The molecule has 1 aromatic carbocycles. The number of amides is 4. The fourth-order valence-corrected chi connectivity index (χ4v) is 2.41. The summed E-state index contributed by atoms with van der Waals surface area (Å²) in [6, 6.07) is 6.82. The third kappa shape index (κ3) is 5.39. The highest BCUT2D eigenvalue weighted by Crippen LogP contribution is 2.19. The molecule has 0 heterocycles. The van der Waals surface area contributed by atoms with Crippen molar-refractivity contribution in [1.29, 1.82) is 0 Å². The van der Waals surface area contributed by atoms with Gasteiger partial charge in [0, 0.05) is 33.8 Å². The Labute approximate surface area is 165 Å². The molecule has 1 unspecified atom stereocenters. The Morgan fingerprint density at radius 2 is 1.50 bits per heavy atom. The summed E-state index contributed by atoms with van der Waals surface area (Å²) in [7, 11) is 5.91. The maximum Gasteiger partial charge on any atom is 0.326 e. The van der Waals surface area contributed by atoms with Crippen LogP contribution >= 0.6 is 0 Å². The number of benzene rings is 1. The summed E-state index contributed by atoms with van der Waals surface area (Å²) >= 11 is 0. The molecule has 0 saturated heterocycles. The first-order chi connectivity index (χ1) is 13.0. The molecule has 7 nitrogen and oxygen atoms in total.